The topological polar surface area (TPSA) is 83.0 Å². The molecule has 0 atom stereocenters. The first-order valence-electron chi connectivity index (χ1n) is 14.8. The van der Waals surface area contributed by atoms with Gasteiger partial charge in [0, 0.05) is 43.1 Å². The summed E-state index contributed by atoms with van der Waals surface area (Å²) in [5.41, 5.74) is 2.39. The highest BCUT2D eigenvalue weighted by atomic mass is 35.5. The van der Waals surface area contributed by atoms with E-state index in [9.17, 15) is 23.5 Å². The van der Waals surface area contributed by atoms with E-state index in [0.717, 1.165) is 40.2 Å². The van der Waals surface area contributed by atoms with Crippen molar-refractivity contribution in [1.29, 1.82) is 0 Å². The predicted molar refractivity (Wildman–Crippen MR) is 173 cm³/mol. The number of thiophene rings is 1. The van der Waals surface area contributed by atoms with Crippen molar-refractivity contribution in [1.82, 2.24) is 14.8 Å². The maximum atomic E-state index is 14.8. The largest absolute Gasteiger partial charge is 0.496 e. The third-order valence-electron chi connectivity index (χ3n) is 8.21. The number of carbonyl (C=O) groups excluding carboxylic acids is 1. The number of halogens is 3. The van der Waals surface area contributed by atoms with E-state index in [2.05, 4.69) is 4.98 Å². The number of ether oxygens (including phenoxy) is 1. The number of amides is 2. The number of hydrogen-bond acceptors (Lipinski definition) is 5. The zero-order valence-corrected chi connectivity index (χ0v) is 27.2. The Morgan fingerprint density at radius 2 is 1.60 bits per heavy atom. The number of rotatable bonds is 8. The lowest BCUT2D eigenvalue weighted by Gasteiger charge is -2.41. The molecule has 0 saturated heterocycles. The predicted octanol–water partition coefficient (Wildman–Crippen LogP) is 8.88. The van der Waals surface area contributed by atoms with Crippen LogP contribution in [0.1, 0.15) is 61.7 Å². The number of aromatic nitrogens is 1. The fraction of sp³-hybridized carbons (Fsp3) is 0.382. The molecular formula is C34H36ClF2N3O4S. The van der Waals surface area contributed by atoms with E-state index in [0.29, 0.717) is 38.0 Å². The maximum Gasteiger partial charge on any atom is 0.407 e. The zero-order valence-electron chi connectivity index (χ0n) is 25.6. The zero-order chi connectivity index (χ0) is 32.5. The minimum Gasteiger partial charge on any atom is -0.496 e. The van der Waals surface area contributed by atoms with Gasteiger partial charge in [0.25, 0.3) is 5.91 Å². The van der Waals surface area contributed by atoms with Gasteiger partial charge in [0.05, 0.1) is 22.2 Å². The van der Waals surface area contributed by atoms with E-state index < -0.39 is 23.6 Å². The summed E-state index contributed by atoms with van der Waals surface area (Å²) in [6.07, 6.45) is 4.66. The maximum absolute atomic E-state index is 14.8. The van der Waals surface area contributed by atoms with Crippen LogP contribution in [0.2, 0.25) is 5.02 Å². The number of fused-ring (bicyclic) bond motifs is 1. The van der Waals surface area contributed by atoms with Crippen LogP contribution >= 0.6 is 22.9 Å². The van der Waals surface area contributed by atoms with Crippen LogP contribution in [0.4, 0.5) is 13.6 Å². The number of hydrogen-bond donors (Lipinski definition) is 1. The lowest BCUT2D eigenvalue weighted by molar-refractivity contribution is 0.0492. The van der Waals surface area contributed by atoms with Crippen LogP contribution in [-0.4, -0.2) is 57.6 Å². The first-order valence-corrected chi connectivity index (χ1v) is 16.0. The molecule has 2 aromatic heterocycles. The molecule has 0 unspecified atom stereocenters. The van der Waals surface area contributed by atoms with Crippen LogP contribution < -0.4 is 4.74 Å². The van der Waals surface area contributed by atoms with Crippen LogP contribution in [0, 0.1) is 17.0 Å². The Hall–Kier alpha value is -3.76. The van der Waals surface area contributed by atoms with Gasteiger partial charge in [-0.15, -0.1) is 11.3 Å². The molecule has 1 saturated carbocycles. The van der Waals surface area contributed by atoms with Crippen molar-refractivity contribution in [2.45, 2.75) is 65.1 Å². The van der Waals surface area contributed by atoms with Crippen LogP contribution in [0.5, 0.6) is 5.75 Å². The first-order chi connectivity index (χ1) is 21.4. The van der Waals surface area contributed by atoms with Crippen molar-refractivity contribution >= 4 is 45.0 Å². The molecule has 0 radical (unpaired) electrons. The summed E-state index contributed by atoms with van der Waals surface area (Å²) < 4.78 is 35.2. The molecule has 238 valence electrons. The molecule has 0 spiro atoms. The molecule has 2 heterocycles. The summed E-state index contributed by atoms with van der Waals surface area (Å²) in [7, 11) is 1.56. The highest BCUT2D eigenvalue weighted by Gasteiger charge is 2.36. The number of carbonyl (C=O) groups is 2. The Balaban J connectivity index is 1.52. The standard InChI is InChI=1S/C34H36ClF2N3O4S/c1-34(2,3)19-40(33(42)43)24-8-6-23(7-9-24)39(32(41)31-29(35)28-25(36)10-11-26(37)30(28)45-31)18-22-17-21(5-12-27(22)44-4)20-13-15-38-16-14-20/h5,10-17,23-24H,6-9,18-19H2,1-4H3,(H,42,43). The summed E-state index contributed by atoms with van der Waals surface area (Å²) >= 11 is 7.43. The molecule has 11 heteroatoms. The third kappa shape index (κ3) is 7.07. The van der Waals surface area contributed by atoms with Gasteiger partial charge in [-0.3, -0.25) is 9.78 Å². The average Bonchev–Trinajstić information content (AvgIpc) is 3.38. The average molecular weight is 656 g/mol. The number of carboxylic acid groups (broad SMARTS) is 1. The molecule has 0 aliphatic heterocycles. The Bertz CT molecular complexity index is 1700. The van der Waals surface area contributed by atoms with E-state index in [1.165, 1.54) is 4.90 Å². The molecule has 1 aliphatic rings. The highest BCUT2D eigenvalue weighted by Crippen LogP contribution is 2.41. The molecule has 0 bridgehead atoms. The Labute approximate surface area is 270 Å². The number of pyridine rings is 1. The molecule has 1 N–H and O–H groups in total. The second-order valence-corrected chi connectivity index (χ2v) is 14.0. The minimum absolute atomic E-state index is 0.0106. The van der Waals surface area contributed by atoms with Crippen molar-refractivity contribution < 1.29 is 28.2 Å². The van der Waals surface area contributed by atoms with Gasteiger partial charge in [-0.05, 0) is 78.6 Å². The second kappa shape index (κ2) is 13.3. The third-order valence-corrected chi connectivity index (χ3v) is 9.89. The van der Waals surface area contributed by atoms with Crippen molar-refractivity contribution in [2.75, 3.05) is 13.7 Å². The Morgan fingerprint density at radius 1 is 0.978 bits per heavy atom. The second-order valence-electron chi connectivity index (χ2n) is 12.6. The van der Waals surface area contributed by atoms with Crippen molar-refractivity contribution in [3.05, 3.63) is 82.0 Å². The summed E-state index contributed by atoms with van der Waals surface area (Å²) in [5.74, 6) is -1.20. The highest BCUT2D eigenvalue weighted by molar-refractivity contribution is 7.21. The number of nitrogens with zero attached hydrogens (tertiary/aromatic N) is 3. The van der Waals surface area contributed by atoms with Crippen molar-refractivity contribution in [2.24, 2.45) is 5.41 Å². The summed E-state index contributed by atoms with van der Waals surface area (Å²) in [4.78, 5) is 33.9. The molecule has 1 aliphatic carbocycles. The minimum atomic E-state index is -0.958. The molecule has 5 rings (SSSR count). The first kappa shape index (κ1) is 32.6. The summed E-state index contributed by atoms with van der Waals surface area (Å²) in [6, 6.07) is 11.1. The van der Waals surface area contributed by atoms with E-state index in [1.54, 1.807) is 24.4 Å². The summed E-state index contributed by atoms with van der Waals surface area (Å²) in [5, 5.41) is 9.77. The van der Waals surface area contributed by atoms with Gasteiger partial charge in [-0.2, -0.15) is 0 Å². The van der Waals surface area contributed by atoms with Gasteiger partial charge in [0.15, 0.2) is 0 Å². The van der Waals surface area contributed by atoms with Crippen LogP contribution in [0.3, 0.4) is 0 Å². The van der Waals surface area contributed by atoms with Crippen LogP contribution in [0.15, 0.2) is 54.9 Å². The quantitative estimate of drug-likeness (QED) is 0.205. The molecule has 2 aromatic carbocycles. The van der Waals surface area contributed by atoms with Crippen LogP contribution in [-0.2, 0) is 6.54 Å². The Morgan fingerprint density at radius 3 is 2.18 bits per heavy atom. The molecular weight excluding hydrogens is 620 g/mol. The summed E-state index contributed by atoms with van der Waals surface area (Å²) in [6.45, 7) is 6.55. The van der Waals surface area contributed by atoms with E-state index >= 15 is 0 Å². The molecule has 45 heavy (non-hydrogen) atoms. The van der Waals surface area contributed by atoms with Gasteiger partial charge in [0.2, 0.25) is 0 Å². The number of benzene rings is 2. The Kier molecular flexibility index (Phi) is 9.65. The van der Waals surface area contributed by atoms with E-state index in [4.69, 9.17) is 16.3 Å². The van der Waals surface area contributed by atoms with Gasteiger partial charge >= 0.3 is 6.09 Å². The van der Waals surface area contributed by atoms with Crippen molar-refractivity contribution in [3.63, 3.8) is 0 Å². The normalized spacial score (nSPS) is 16.9. The fourth-order valence-electron chi connectivity index (χ4n) is 6.09. The number of methoxy groups -OCH3 is 1. The fourth-order valence-corrected chi connectivity index (χ4v) is 7.59. The van der Waals surface area contributed by atoms with Gasteiger partial charge in [-0.1, -0.05) is 38.4 Å². The van der Waals surface area contributed by atoms with E-state index in [-0.39, 0.29) is 44.0 Å². The van der Waals surface area contributed by atoms with Crippen molar-refractivity contribution in [3.8, 4) is 16.9 Å². The SMILES string of the molecule is COc1ccc(-c2ccncc2)cc1CN(C(=O)c1sc2c(F)ccc(F)c2c1Cl)C1CCC(N(CC(C)(C)C)C(=O)O)CC1. The molecule has 7 nitrogen and oxygen atoms in total. The molecule has 2 amide bonds. The molecule has 1 fully saturated rings. The van der Waals surface area contributed by atoms with Gasteiger partial charge in [-0.25, -0.2) is 13.6 Å². The lowest BCUT2D eigenvalue weighted by Crippen LogP contribution is -2.49. The smallest absolute Gasteiger partial charge is 0.407 e. The lowest BCUT2D eigenvalue weighted by atomic mass is 9.87. The monoisotopic (exact) mass is 655 g/mol. The molecule has 4 aromatic rings. The van der Waals surface area contributed by atoms with Gasteiger partial charge < -0.3 is 19.6 Å². The van der Waals surface area contributed by atoms with Crippen LogP contribution in [0.25, 0.3) is 21.2 Å². The van der Waals surface area contributed by atoms with Gasteiger partial charge in [0.1, 0.15) is 22.3 Å². The van der Waals surface area contributed by atoms with E-state index in [1.807, 2.05) is 51.1 Å².